The molecule has 1 amide bonds. The summed E-state index contributed by atoms with van der Waals surface area (Å²) in [5.41, 5.74) is 1.91. The van der Waals surface area contributed by atoms with E-state index in [9.17, 15) is 9.90 Å². The van der Waals surface area contributed by atoms with Crippen LogP contribution in [0.25, 0.3) is 6.08 Å². The van der Waals surface area contributed by atoms with E-state index in [2.05, 4.69) is 10.3 Å². The van der Waals surface area contributed by atoms with Crippen LogP contribution in [-0.4, -0.2) is 22.5 Å². The molecule has 2 aromatic rings. The lowest BCUT2D eigenvalue weighted by molar-refractivity contribution is -0.118. The van der Waals surface area contributed by atoms with Crippen molar-refractivity contribution in [2.24, 2.45) is 0 Å². The Labute approximate surface area is 139 Å². The Morgan fingerprint density at radius 1 is 1.48 bits per heavy atom. The van der Waals surface area contributed by atoms with Crippen LogP contribution in [0.5, 0.6) is 0 Å². The third-order valence-corrected chi connectivity index (χ3v) is 4.94. The van der Waals surface area contributed by atoms with Gasteiger partial charge in [-0.05, 0) is 43.4 Å². The number of aliphatic hydroxyl groups is 1. The smallest absolute Gasteiger partial charge is 0.244 e. The molecule has 0 fully saturated rings. The number of nitrogens with zero attached hydrogens (tertiary/aromatic N) is 1. The van der Waals surface area contributed by atoms with Gasteiger partial charge in [0, 0.05) is 11.5 Å². The van der Waals surface area contributed by atoms with Gasteiger partial charge >= 0.3 is 0 Å². The Morgan fingerprint density at radius 3 is 3.09 bits per heavy atom. The lowest BCUT2D eigenvalue weighted by Crippen LogP contribution is -2.42. The van der Waals surface area contributed by atoms with E-state index in [1.807, 2.05) is 36.6 Å². The number of benzene rings is 1. The van der Waals surface area contributed by atoms with Gasteiger partial charge in [-0.3, -0.25) is 4.79 Å². The van der Waals surface area contributed by atoms with E-state index < -0.39 is 5.60 Å². The number of carbonyl (C=O) groups is 1. The van der Waals surface area contributed by atoms with Crippen LogP contribution in [0, 0.1) is 6.92 Å². The first-order valence-corrected chi connectivity index (χ1v) is 8.64. The number of thiazole rings is 1. The van der Waals surface area contributed by atoms with Crippen molar-refractivity contribution in [1.82, 2.24) is 10.3 Å². The predicted molar refractivity (Wildman–Crippen MR) is 92.2 cm³/mol. The van der Waals surface area contributed by atoms with Crippen molar-refractivity contribution in [3.05, 3.63) is 57.6 Å². The molecule has 0 spiro atoms. The third kappa shape index (κ3) is 3.68. The minimum absolute atomic E-state index is 0.216. The highest BCUT2D eigenvalue weighted by Gasteiger charge is 2.34. The summed E-state index contributed by atoms with van der Waals surface area (Å²) in [7, 11) is 0. The van der Waals surface area contributed by atoms with Crippen molar-refractivity contribution in [3.8, 4) is 0 Å². The number of aromatic nitrogens is 1. The highest BCUT2D eigenvalue weighted by Crippen LogP contribution is 2.34. The third-order valence-electron chi connectivity index (χ3n) is 4.15. The first-order valence-electron chi connectivity index (χ1n) is 7.76. The van der Waals surface area contributed by atoms with E-state index in [0.29, 0.717) is 6.42 Å². The maximum absolute atomic E-state index is 12.0. The lowest BCUT2D eigenvalue weighted by Gasteiger charge is -2.34. The fourth-order valence-electron chi connectivity index (χ4n) is 2.99. The number of amides is 1. The van der Waals surface area contributed by atoms with Gasteiger partial charge in [0.15, 0.2) is 0 Å². The molecule has 5 heteroatoms. The molecule has 1 heterocycles. The topological polar surface area (TPSA) is 62.2 Å². The van der Waals surface area contributed by atoms with Crippen molar-refractivity contribution in [1.29, 1.82) is 0 Å². The van der Waals surface area contributed by atoms with E-state index >= 15 is 0 Å². The van der Waals surface area contributed by atoms with E-state index in [-0.39, 0.29) is 12.5 Å². The lowest BCUT2D eigenvalue weighted by atomic mass is 9.79. The van der Waals surface area contributed by atoms with Gasteiger partial charge in [0.2, 0.25) is 5.91 Å². The first-order chi connectivity index (χ1) is 11.1. The zero-order chi connectivity index (χ0) is 16.3. The fraction of sp³-hybridized carbons (Fsp3) is 0.333. The molecule has 2 N–H and O–H groups in total. The van der Waals surface area contributed by atoms with Crippen LogP contribution >= 0.6 is 11.3 Å². The van der Waals surface area contributed by atoms with Crippen molar-refractivity contribution >= 4 is 23.3 Å². The fourth-order valence-corrected chi connectivity index (χ4v) is 3.57. The summed E-state index contributed by atoms with van der Waals surface area (Å²) in [5.74, 6) is -0.216. The van der Waals surface area contributed by atoms with Gasteiger partial charge in [-0.2, -0.15) is 0 Å². The second kappa shape index (κ2) is 6.64. The largest absolute Gasteiger partial charge is 0.383 e. The van der Waals surface area contributed by atoms with Gasteiger partial charge in [-0.25, -0.2) is 4.98 Å². The molecule has 23 heavy (non-hydrogen) atoms. The Hall–Kier alpha value is -1.98. The molecule has 0 radical (unpaired) electrons. The van der Waals surface area contributed by atoms with E-state index in [1.165, 1.54) is 11.6 Å². The van der Waals surface area contributed by atoms with E-state index in [1.54, 1.807) is 17.4 Å². The van der Waals surface area contributed by atoms with Crippen LogP contribution in [-0.2, 0) is 16.8 Å². The molecule has 0 unspecified atom stereocenters. The molecule has 3 rings (SSSR count). The van der Waals surface area contributed by atoms with Crippen molar-refractivity contribution in [2.45, 2.75) is 31.8 Å². The van der Waals surface area contributed by atoms with Gasteiger partial charge in [-0.1, -0.05) is 24.3 Å². The van der Waals surface area contributed by atoms with E-state index in [4.69, 9.17) is 0 Å². The average Bonchev–Trinajstić information content (AvgIpc) is 2.97. The summed E-state index contributed by atoms with van der Waals surface area (Å²) >= 11 is 1.55. The van der Waals surface area contributed by atoms with Gasteiger partial charge in [0.1, 0.15) is 5.60 Å². The van der Waals surface area contributed by atoms with Crippen molar-refractivity contribution < 1.29 is 9.90 Å². The van der Waals surface area contributed by atoms with Crippen LogP contribution < -0.4 is 5.32 Å². The molecule has 1 aliphatic rings. The summed E-state index contributed by atoms with van der Waals surface area (Å²) in [6, 6.07) is 7.92. The molecule has 120 valence electrons. The SMILES string of the molecule is Cc1nc(/C=C\C(=O)NC[C@]2(O)CCCc3ccccc32)cs1. The van der Waals surface area contributed by atoms with Gasteiger partial charge in [-0.15, -0.1) is 11.3 Å². The molecular formula is C18H20N2O2S. The van der Waals surface area contributed by atoms with Crippen molar-refractivity contribution in [2.75, 3.05) is 6.54 Å². The maximum atomic E-state index is 12.0. The van der Waals surface area contributed by atoms with Gasteiger partial charge < -0.3 is 10.4 Å². The Balaban J connectivity index is 1.64. The van der Waals surface area contributed by atoms with Crippen LogP contribution in [0.3, 0.4) is 0 Å². The maximum Gasteiger partial charge on any atom is 0.244 e. The number of rotatable bonds is 4. The number of nitrogens with one attached hydrogen (secondary N) is 1. The van der Waals surface area contributed by atoms with E-state index in [0.717, 1.165) is 29.1 Å². The van der Waals surface area contributed by atoms with Crippen molar-refractivity contribution in [3.63, 3.8) is 0 Å². The predicted octanol–water partition coefficient (Wildman–Crippen LogP) is 2.81. The highest BCUT2D eigenvalue weighted by molar-refractivity contribution is 7.09. The van der Waals surface area contributed by atoms with Crippen LogP contribution in [0.2, 0.25) is 0 Å². The number of aryl methyl sites for hydroxylation is 2. The summed E-state index contributed by atoms with van der Waals surface area (Å²) in [5, 5.41) is 16.6. The minimum Gasteiger partial charge on any atom is -0.383 e. The molecular weight excluding hydrogens is 308 g/mol. The standard InChI is InChI=1S/C18H20N2O2S/c1-13-20-15(11-23-13)8-9-17(21)19-12-18(22)10-4-6-14-5-2-3-7-16(14)18/h2-3,5,7-9,11,22H,4,6,10,12H2,1H3,(H,19,21)/b9-8-/t18-/m1/s1. The molecule has 0 saturated carbocycles. The zero-order valence-electron chi connectivity index (χ0n) is 13.1. The molecule has 0 saturated heterocycles. The second-order valence-electron chi connectivity index (χ2n) is 5.88. The Morgan fingerprint density at radius 2 is 2.30 bits per heavy atom. The van der Waals surface area contributed by atoms with Crippen LogP contribution in [0.15, 0.2) is 35.7 Å². The highest BCUT2D eigenvalue weighted by atomic mass is 32.1. The molecule has 1 aromatic heterocycles. The van der Waals surface area contributed by atoms with Crippen LogP contribution in [0.4, 0.5) is 0 Å². The molecule has 4 nitrogen and oxygen atoms in total. The number of hydrogen-bond acceptors (Lipinski definition) is 4. The Bertz CT molecular complexity index is 738. The normalized spacial score (nSPS) is 20.4. The molecule has 0 aliphatic heterocycles. The monoisotopic (exact) mass is 328 g/mol. The minimum atomic E-state index is -0.977. The summed E-state index contributed by atoms with van der Waals surface area (Å²) in [4.78, 5) is 16.3. The first kappa shape index (κ1) is 15.9. The number of hydrogen-bond donors (Lipinski definition) is 2. The summed E-state index contributed by atoms with van der Waals surface area (Å²) in [6.07, 6.45) is 5.73. The van der Waals surface area contributed by atoms with Gasteiger partial charge in [0.05, 0.1) is 17.2 Å². The molecule has 0 bridgehead atoms. The van der Waals surface area contributed by atoms with Crippen LogP contribution in [0.1, 0.15) is 34.7 Å². The number of carbonyl (C=O) groups excluding carboxylic acids is 1. The molecule has 1 aromatic carbocycles. The molecule has 1 aliphatic carbocycles. The zero-order valence-corrected chi connectivity index (χ0v) is 13.9. The Kier molecular flexibility index (Phi) is 4.59. The number of fused-ring (bicyclic) bond motifs is 1. The van der Waals surface area contributed by atoms with Gasteiger partial charge in [0.25, 0.3) is 0 Å². The average molecular weight is 328 g/mol. The molecule has 1 atom stereocenters. The summed E-state index contributed by atoms with van der Waals surface area (Å²) in [6.45, 7) is 2.15. The summed E-state index contributed by atoms with van der Waals surface area (Å²) < 4.78 is 0. The second-order valence-corrected chi connectivity index (χ2v) is 6.95. The quantitative estimate of drug-likeness (QED) is 0.849.